The van der Waals surface area contributed by atoms with Gasteiger partial charge in [-0.2, -0.15) is 0 Å². The van der Waals surface area contributed by atoms with Crippen LogP contribution < -0.4 is 4.90 Å². The lowest BCUT2D eigenvalue weighted by Gasteiger charge is -2.19. The molecule has 0 radical (unpaired) electrons. The fourth-order valence-electron chi connectivity index (χ4n) is 2.66. The quantitative estimate of drug-likeness (QED) is 0.788. The average molecular weight is 295 g/mol. The monoisotopic (exact) mass is 295 g/mol. The Morgan fingerprint density at radius 2 is 1.91 bits per heavy atom. The molecule has 1 heterocycles. The van der Waals surface area contributed by atoms with Crippen molar-refractivity contribution in [1.29, 1.82) is 0 Å². The maximum Gasteiger partial charge on any atom is 0.339 e. The Kier molecular flexibility index (Phi) is 3.59. The molecule has 112 valence electrons. The first-order valence-electron chi connectivity index (χ1n) is 7.08. The van der Waals surface area contributed by atoms with Gasteiger partial charge in [-0.05, 0) is 30.7 Å². The van der Waals surface area contributed by atoms with Crippen LogP contribution in [-0.4, -0.2) is 18.1 Å². The van der Waals surface area contributed by atoms with Gasteiger partial charge in [0.15, 0.2) is 0 Å². The van der Waals surface area contributed by atoms with Crippen molar-refractivity contribution in [2.75, 3.05) is 11.9 Å². The molecule has 4 nitrogen and oxygen atoms in total. The van der Waals surface area contributed by atoms with Crippen LogP contribution in [0.2, 0.25) is 0 Å². The molecule has 2 aromatic carbocycles. The molecule has 0 fully saturated rings. The molecule has 1 N–H and O–H groups in total. The number of carbonyl (C=O) groups is 1. The number of carboxylic acid groups (broad SMARTS) is 1. The van der Waals surface area contributed by atoms with Gasteiger partial charge in [-0.15, -0.1) is 0 Å². The highest BCUT2D eigenvalue weighted by molar-refractivity contribution is 6.04. The molecule has 0 saturated carbocycles. The van der Waals surface area contributed by atoms with Crippen molar-refractivity contribution in [2.45, 2.75) is 13.5 Å². The van der Waals surface area contributed by atoms with Gasteiger partial charge in [-0.25, -0.2) is 4.79 Å². The zero-order chi connectivity index (χ0) is 15.7. The topological polar surface area (TPSA) is 53.7 Å². The van der Waals surface area contributed by atoms with Crippen LogP contribution in [-0.2, 0) is 6.54 Å². The molecule has 0 saturated heterocycles. The summed E-state index contributed by atoms with van der Waals surface area (Å²) >= 11 is 0. The van der Waals surface area contributed by atoms with Crippen LogP contribution in [0.25, 0.3) is 11.0 Å². The number of benzene rings is 2. The fourth-order valence-corrected chi connectivity index (χ4v) is 2.66. The van der Waals surface area contributed by atoms with E-state index in [1.807, 2.05) is 43.4 Å². The predicted molar refractivity (Wildman–Crippen MR) is 86.5 cm³/mol. The second-order valence-electron chi connectivity index (χ2n) is 5.36. The number of anilines is 1. The summed E-state index contributed by atoms with van der Waals surface area (Å²) < 4.78 is 5.51. The van der Waals surface area contributed by atoms with Gasteiger partial charge in [0, 0.05) is 24.7 Å². The van der Waals surface area contributed by atoms with Crippen molar-refractivity contribution < 1.29 is 14.3 Å². The van der Waals surface area contributed by atoms with Gasteiger partial charge in [-0.1, -0.05) is 30.3 Å². The zero-order valence-corrected chi connectivity index (χ0v) is 12.5. The SMILES string of the molecule is Cc1oc2ccc(N(C)Cc3ccccc3)cc2c1C(=O)O. The van der Waals surface area contributed by atoms with Crippen molar-refractivity contribution in [1.82, 2.24) is 0 Å². The number of hydrogen-bond donors (Lipinski definition) is 1. The molecule has 1 aromatic heterocycles. The van der Waals surface area contributed by atoms with Crippen LogP contribution in [0.5, 0.6) is 0 Å². The number of carboxylic acids is 1. The second kappa shape index (κ2) is 5.56. The Labute approximate surface area is 128 Å². The summed E-state index contributed by atoms with van der Waals surface area (Å²) in [6.07, 6.45) is 0. The smallest absolute Gasteiger partial charge is 0.339 e. The summed E-state index contributed by atoms with van der Waals surface area (Å²) in [7, 11) is 1.99. The van der Waals surface area contributed by atoms with Crippen LogP contribution in [0.4, 0.5) is 5.69 Å². The van der Waals surface area contributed by atoms with Crippen LogP contribution in [0.15, 0.2) is 52.9 Å². The van der Waals surface area contributed by atoms with Crippen LogP contribution in [0.3, 0.4) is 0 Å². The van der Waals surface area contributed by atoms with E-state index >= 15 is 0 Å². The zero-order valence-electron chi connectivity index (χ0n) is 12.5. The highest BCUT2D eigenvalue weighted by atomic mass is 16.4. The summed E-state index contributed by atoms with van der Waals surface area (Å²) in [5.41, 5.74) is 3.00. The third-order valence-electron chi connectivity index (χ3n) is 3.76. The minimum Gasteiger partial charge on any atom is -0.478 e. The number of furan rings is 1. The summed E-state index contributed by atoms with van der Waals surface area (Å²) in [5, 5.41) is 9.98. The number of nitrogens with zero attached hydrogens (tertiary/aromatic N) is 1. The Morgan fingerprint density at radius 3 is 2.59 bits per heavy atom. The first-order valence-corrected chi connectivity index (χ1v) is 7.08. The van der Waals surface area contributed by atoms with E-state index in [0.717, 1.165) is 12.2 Å². The van der Waals surface area contributed by atoms with Crippen molar-refractivity contribution >= 4 is 22.6 Å². The number of aromatic carboxylic acids is 1. The van der Waals surface area contributed by atoms with Crippen LogP contribution in [0.1, 0.15) is 21.7 Å². The molecule has 22 heavy (non-hydrogen) atoms. The van der Waals surface area contributed by atoms with E-state index in [1.54, 1.807) is 6.92 Å². The highest BCUT2D eigenvalue weighted by Crippen LogP contribution is 2.29. The third kappa shape index (κ3) is 2.55. The van der Waals surface area contributed by atoms with E-state index < -0.39 is 5.97 Å². The van der Waals surface area contributed by atoms with Gasteiger partial charge in [-0.3, -0.25) is 0 Å². The van der Waals surface area contributed by atoms with Gasteiger partial charge in [0.05, 0.1) is 0 Å². The van der Waals surface area contributed by atoms with E-state index in [4.69, 9.17) is 4.42 Å². The first-order chi connectivity index (χ1) is 10.6. The first kappa shape index (κ1) is 14.2. The number of rotatable bonds is 4. The van der Waals surface area contributed by atoms with E-state index in [9.17, 15) is 9.90 Å². The molecule has 0 bridgehead atoms. The molecule has 0 aliphatic carbocycles. The predicted octanol–water partition coefficient (Wildman–Crippen LogP) is 4.08. The maximum absolute atomic E-state index is 11.4. The van der Waals surface area contributed by atoms with Gasteiger partial charge in [0.2, 0.25) is 0 Å². The second-order valence-corrected chi connectivity index (χ2v) is 5.36. The molecule has 0 aliphatic heterocycles. The molecule has 0 aliphatic rings. The highest BCUT2D eigenvalue weighted by Gasteiger charge is 2.18. The molecule has 0 spiro atoms. The summed E-state index contributed by atoms with van der Waals surface area (Å²) in [5.74, 6) is -0.524. The van der Waals surface area contributed by atoms with Gasteiger partial charge in [0.1, 0.15) is 16.9 Å². The summed E-state index contributed by atoms with van der Waals surface area (Å²) in [6.45, 7) is 2.43. The molecule has 0 atom stereocenters. The molecule has 3 rings (SSSR count). The van der Waals surface area contributed by atoms with Crippen LogP contribution in [0, 0.1) is 6.92 Å². The van der Waals surface area contributed by atoms with E-state index in [2.05, 4.69) is 17.0 Å². The van der Waals surface area contributed by atoms with Crippen molar-refractivity contribution in [3.05, 3.63) is 65.4 Å². The summed E-state index contributed by atoms with van der Waals surface area (Å²) in [4.78, 5) is 13.5. The minimum absolute atomic E-state index is 0.241. The van der Waals surface area contributed by atoms with Crippen molar-refractivity contribution in [2.24, 2.45) is 0 Å². The van der Waals surface area contributed by atoms with Crippen molar-refractivity contribution in [3.8, 4) is 0 Å². The largest absolute Gasteiger partial charge is 0.478 e. The van der Waals surface area contributed by atoms with E-state index in [0.29, 0.717) is 16.7 Å². The Balaban J connectivity index is 1.97. The van der Waals surface area contributed by atoms with Gasteiger partial charge < -0.3 is 14.4 Å². The van der Waals surface area contributed by atoms with Crippen molar-refractivity contribution in [3.63, 3.8) is 0 Å². The molecule has 0 amide bonds. The standard InChI is InChI=1S/C18H17NO3/c1-12-17(18(20)21)15-10-14(8-9-16(15)22-12)19(2)11-13-6-4-3-5-7-13/h3-10H,11H2,1-2H3,(H,20,21). The minimum atomic E-state index is -0.959. The molecular weight excluding hydrogens is 278 g/mol. The average Bonchev–Trinajstić information content (AvgIpc) is 2.83. The lowest BCUT2D eigenvalue weighted by atomic mass is 10.1. The Hall–Kier alpha value is -2.75. The van der Waals surface area contributed by atoms with Gasteiger partial charge in [0.25, 0.3) is 0 Å². The van der Waals surface area contributed by atoms with E-state index in [-0.39, 0.29) is 5.56 Å². The molecule has 0 unspecified atom stereocenters. The number of hydrogen-bond acceptors (Lipinski definition) is 3. The Morgan fingerprint density at radius 1 is 1.18 bits per heavy atom. The van der Waals surface area contributed by atoms with Crippen LogP contribution >= 0.6 is 0 Å². The number of fused-ring (bicyclic) bond motifs is 1. The van der Waals surface area contributed by atoms with E-state index in [1.165, 1.54) is 5.56 Å². The van der Waals surface area contributed by atoms with Gasteiger partial charge >= 0.3 is 5.97 Å². The normalized spacial score (nSPS) is 10.8. The lowest BCUT2D eigenvalue weighted by molar-refractivity contribution is 0.0697. The summed E-state index contributed by atoms with van der Waals surface area (Å²) in [6, 6.07) is 15.8. The number of aryl methyl sites for hydroxylation is 1. The Bertz CT molecular complexity index is 821. The molecule has 3 aromatic rings. The maximum atomic E-state index is 11.4. The third-order valence-corrected chi connectivity index (χ3v) is 3.76. The fraction of sp³-hybridized carbons (Fsp3) is 0.167. The molecular formula is C18H17NO3. The lowest BCUT2D eigenvalue weighted by Crippen LogP contribution is -2.16. The molecule has 4 heteroatoms.